The van der Waals surface area contributed by atoms with Crippen molar-refractivity contribution in [3.05, 3.63) is 103 Å². The van der Waals surface area contributed by atoms with Crippen molar-refractivity contribution in [1.29, 1.82) is 0 Å². The molecule has 1 aromatic heterocycles. The molecule has 0 radical (unpaired) electrons. The molecular weight excluding hydrogens is 314 g/mol. The van der Waals surface area contributed by atoms with Crippen molar-refractivity contribution >= 4 is 21.7 Å². The smallest absolute Gasteiger partial charge is 0.0715 e. The Morgan fingerprint density at radius 3 is 2.23 bits per heavy atom. The molecule has 1 nitrogen and oxygen atoms in total. The van der Waals surface area contributed by atoms with E-state index in [1.165, 1.54) is 27.5 Å². The van der Waals surface area contributed by atoms with Crippen LogP contribution in [0.5, 0.6) is 0 Å². The lowest BCUT2D eigenvalue weighted by Crippen LogP contribution is -1.87. The van der Waals surface area contributed by atoms with E-state index in [0.29, 0.717) is 0 Å². The van der Waals surface area contributed by atoms with Gasteiger partial charge in [0.05, 0.1) is 11.2 Å². The predicted molar refractivity (Wildman–Crippen MR) is 110 cm³/mol. The second kappa shape index (κ2) is 6.12. The summed E-state index contributed by atoms with van der Waals surface area (Å²) < 4.78 is 0. The molecule has 0 saturated carbocycles. The zero-order valence-corrected chi connectivity index (χ0v) is 14.3. The van der Waals surface area contributed by atoms with Gasteiger partial charge in [-0.15, -0.1) is 0 Å². The van der Waals surface area contributed by atoms with Crippen molar-refractivity contribution in [3.63, 3.8) is 0 Å². The molecule has 0 amide bonds. The molecule has 4 aromatic carbocycles. The van der Waals surface area contributed by atoms with Crippen molar-refractivity contribution in [3.8, 4) is 22.4 Å². The topological polar surface area (TPSA) is 12.9 Å². The summed E-state index contributed by atoms with van der Waals surface area (Å²) in [4.78, 5) is 4.93. The fraction of sp³-hybridized carbons (Fsp3) is 0. The van der Waals surface area contributed by atoms with E-state index in [0.717, 1.165) is 16.6 Å². The normalized spacial score (nSPS) is 11.1. The molecule has 5 aromatic rings. The van der Waals surface area contributed by atoms with Crippen LogP contribution in [0.25, 0.3) is 44.1 Å². The lowest BCUT2D eigenvalue weighted by Gasteiger charge is -2.08. The van der Waals surface area contributed by atoms with Crippen molar-refractivity contribution in [2.24, 2.45) is 0 Å². The molecule has 5 rings (SSSR count). The van der Waals surface area contributed by atoms with Gasteiger partial charge in [0, 0.05) is 10.9 Å². The summed E-state index contributed by atoms with van der Waals surface area (Å²) in [7, 11) is 0. The van der Waals surface area contributed by atoms with Crippen molar-refractivity contribution in [2.75, 3.05) is 0 Å². The summed E-state index contributed by atoms with van der Waals surface area (Å²) >= 11 is 0. The molecule has 0 atom stereocenters. The van der Waals surface area contributed by atoms with E-state index in [4.69, 9.17) is 4.98 Å². The molecule has 1 heteroatoms. The minimum atomic E-state index is 1.02. The Morgan fingerprint density at radius 2 is 1.31 bits per heavy atom. The molecule has 1 heterocycles. The average molecular weight is 331 g/mol. The molecule has 0 saturated heterocycles. The summed E-state index contributed by atoms with van der Waals surface area (Å²) in [5.41, 5.74) is 5.67. The number of pyridine rings is 1. The SMILES string of the molecule is c1ccc(-c2ccc3nc(-c4cccc5ccccc45)ccc3c2)cc1. The minimum Gasteiger partial charge on any atom is -0.248 e. The van der Waals surface area contributed by atoms with Crippen LogP contribution in [0, 0.1) is 0 Å². The highest BCUT2D eigenvalue weighted by Gasteiger charge is 2.07. The second-order valence-electron chi connectivity index (χ2n) is 6.50. The standard InChI is InChI=1S/C25H17N/c1-2-7-18(8-3-1)20-13-15-24-21(17-20)14-16-25(26-24)23-12-6-10-19-9-4-5-11-22(19)23/h1-17H. The van der Waals surface area contributed by atoms with Gasteiger partial charge in [-0.1, -0.05) is 84.9 Å². The third kappa shape index (κ3) is 2.55. The Balaban J connectivity index is 1.64. The van der Waals surface area contributed by atoms with Gasteiger partial charge in [0.15, 0.2) is 0 Å². The molecule has 0 fully saturated rings. The maximum absolute atomic E-state index is 4.93. The fourth-order valence-corrected chi connectivity index (χ4v) is 3.53. The monoisotopic (exact) mass is 331 g/mol. The third-order valence-electron chi connectivity index (χ3n) is 4.86. The highest BCUT2D eigenvalue weighted by atomic mass is 14.7. The highest BCUT2D eigenvalue weighted by Crippen LogP contribution is 2.30. The molecule has 122 valence electrons. The van der Waals surface area contributed by atoms with Crippen LogP contribution in [0.2, 0.25) is 0 Å². The maximum atomic E-state index is 4.93. The molecule has 26 heavy (non-hydrogen) atoms. The van der Waals surface area contributed by atoms with Crippen LogP contribution in [0.3, 0.4) is 0 Å². The largest absolute Gasteiger partial charge is 0.248 e. The summed E-state index contributed by atoms with van der Waals surface area (Å²) in [5.74, 6) is 0. The van der Waals surface area contributed by atoms with E-state index >= 15 is 0 Å². The average Bonchev–Trinajstić information content (AvgIpc) is 2.73. The van der Waals surface area contributed by atoms with Crippen LogP contribution in [0.1, 0.15) is 0 Å². The fourth-order valence-electron chi connectivity index (χ4n) is 3.53. The first-order valence-corrected chi connectivity index (χ1v) is 8.83. The second-order valence-corrected chi connectivity index (χ2v) is 6.50. The molecule has 0 aliphatic heterocycles. The van der Waals surface area contributed by atoms with Gasteiger partial charge in [0.25, 0.3) is 0 Å². The van der Waals surface area contributed by atoms with Crippen LogP contribution in [-0.4, -0.2) is 4.98 Å². The molecule has 0 unspecified atom stereocenters. The maximum Gasteiger partial charge on any atom is 0.0715 e. The number of benzene rings is 4. The summed E-state index contributed by atoms with van der Waals surface area (Å²) in [6.45, 7) is 0. The Bertz CT molecular complexity index is 1220. The number of hydrogen-bond donors (Lipinski definition) is 0. The molecule has 0 aliphatic rings. The first-order chi connectivity index (χ1) is 12.9. The molecule has 0 aliphatic carbocycles. The first kappa shape index (κ1) is 14.9. The van der Waals surface area contributed by atoms with Crippen LogP contribution in [-0.2, 0) is 0 Å². The molecule has 0 spiro atoms. The predicted octanol–water partition coefficient (Wildman–Crippen LogP) is 6.72. The molecule has 0 N–H and O–H groups in total. The highest BCUT2D eigenvalue weighted by molar-refractivity contribution is 5.97. The van der Waals surface area contributed by atoms with Crippen LogP contribution < -0.4 is 0 Å². The first-order valence-electron chi connectivity index (χ1n) is 8.83. The quantitative estimate of drug-likeness (QED) is 0.350. The summed E-state index contributed by atoms with van der Waals surface area (Å²) in [5, 5.41) is 3.64. The Labute approximate surface area is 152 Å². The van der Waals surface area contributed by atoms with E-state index in [1.807, 2.05) is 6.07 Å². The van der Waals surface area contributed by atoms with Crippen LogP contribution >= 0.6 is 0 Å². The third-order valence-corrected chi connectivity index (χ3v) is 4.86. The van der Waals surface area contributed by atoms with Gasteiger partial charge >= 0.3 is 0 Å². The van der Waals surface area contributed by atoms with Crippen molar-refractivity contribution < 1.29 is 0 Å². The van der Waals surface area contributed by atoms with Crippen molar-refractivity contribution in [1.82, 2.24) is 4.98 Å². The Morgan fingerprint density at radius 1 is 0.500 bits per heavy atom. The van der Waals surface area contributed by atoms with E-state index < -0.39 is 0 Å². The van der Waals surface area contributed by atoms with E-state index in [1.54, 1.807) is 0 Å². The van der Waals surface area contributed by atoms with Gasteiger partial charge in [-0.2, -0.15) is 0 Å². The lowest BCUT2D eigenvalue weighted by molar-refractivity contribution is 1.41. The van der Waals surface area contributed by atoms with E-state index in [9.17, 15) is 0 Å². The van der Waals surface area contributed by atoms with Gasteiger partial charge in [-0.3, -0.25) is 0 Å². The van der Waals surface area contributed by atoms with Gasteiger partial charge in [-0.05, 0) is 40.1 Å². The number of fused-ring (bicyclic) bond motifs is 2. The lowest BCUT2D eigenvalue weighted by atomic mass is 10.00. The van der Waals surface area contributed by atoms with Gasteiger partial charge in [0.1, 0.15) is 0 Å². The Hall–Kier alpha value is -3.45. The molecule has 0 bridgehead atoms. The van der Waals surface area contributed by atoms with Gasteiger partial charge in [0.2, 0.25) is 0 Å². The van der Waals surface area contributed by atoms with Crippen LogP contribution in [0.15, 0.2) is 103 Å². The molecular formula is C25H17N. The van der Waals surface area contributed by atoms with E-state index in [-0.39, 0.29) is 0 Å². The van der Waals surface area contributed by atoms with Crippen LogP contribution in [0.4, 0.5) is 0 Å². The van der Waals surface area contributed by atoms with Crippen molar-refractivity contribution in [2.45, 2.75) is 0 Å². The number of hydrogen-bond acceptors (Lipinski definition) is 1. The zero-order valence-electron chi connectivity index (χ0n) is 14.3. The zero-order chi connectivity index (χ0) is 17.3. The number of rotatable bonds is 2. The minimum absolute atomic E-state index is 1.02. The van der Waals surface area contributed by atoms with E-state index in [2.05, 4.69) is 97.1 Å². The summed E-state index contributed by atoms with van der Waals surface area (Å²) in [6.07, 6.45) is 0. The van der Waals surface area contributed by atoms with Gasteiger partial charge in [-0.25, -0.2) is 4.98 Å². The Kier molecular flexibility index (Phi) is 3.50. The summed E-state index contributed by atoms with van der Waals surface area (Å²) in [6, 6.07) is 36.1. The number of aromatic nitrogens is 1. The van der Waals surface area contributed by atoms with Gasteiger partial charge < -0.3 is 0 Å². The number of nitrogens with zero attached hydrogens (tertiary/aromatic N) is 1.